The number of hydrogen-bond donors (Lipinski definition) is 1. The van der Waals surface area contributed by atoms with Crippen molar-refractivity contribution in [2.75, 3.05) is 19.6 Å². The molecular formula is C15H27N3S. The lowest BCUT2D eigenvalue weighted by molar-refractivity contribution is 0.237. The van der Waals surface area contributed by atoms with Gasteiger partial charge in [-0.2, -0.15) is 0 Å². The quantitative estimate of drug-likeness (QED) is 0.810. The summed E-state index contributed by atoms with van der Waals surface area (Å²) in [5.41, 5.74) is 1.26. The van der Waals surface area contributed by atoms with Gasteiger partial charge in [-0.25, -0.2) is 4.98 Å². The van der Waals surface area contributed by atoms with E-state index in [9.17, 15) is 0 Å². The molecule has 0 unspecified atom stereocenters. The van der Waals surface area contributed by atoms with E-state index in [0.29, 0.717) is 0 Å². The molecular weight excluding hydrogens is 254 g/mol. The van der Waals surface area contributed by atoms with Crippen LogP contribution in [0.1, 0.15) is 56.2 Å². The van der Waals surface area contributed by atoms with Gasteiger partial charge in [0, 0.05) is 18.5 Å². The molecule has 0 amide bonds. The fraction of sp³-hybridized carbons (Fsp3) is 0.800. The zero-order chi connectivity index (χ0) is 13.3. The second kappa shape index (κ2) is 8.67. The average molecular weight is 281 g/mol. The molecule has 0 bridgehead atoms. The Kier molecular flexibility index (Phi) is 6.82. The van der Waals surface area contributed by atoms with Crippen molar-refractivity contribution in [1.29, 1.82) is 0 Å². The number of likely N-dealkylation sites (tertiary alicyclic amines) is 1. The molecule has 0 atom stereocenters. The molecule has 108 valence electrons. The van der Waals surface area contributed by atoms with Crippen LogP contribution in [0.15, 0.2) is 5.38 Å². The summed E-state index contributed by atoms with van der Waals surface area (Å²) in [5, 5.41) is 6.89. The van der Waals surface area contributed by atoms with Gasteiger partial charge in [-0.15, -0.1) is 11.3 Å². The second-order valence-electron chi connectivity index (χ2n) is 5.45. The minimum atomic E-state index is 0.929. The molecule has 0 aromatic carbocycles. The Hall–Kier alpha value is -0.450. The first-order valence-corrected chi connectivity index (χ1v) is 8.63. The topological polar surface area (TPSA) is 28.2 Å². The maximum atomic E-state index is 4.74. The van der Waals surface area contributed by atoms with Gasteiger partial charge in [0.25, 0.3) is 0 Å². The van der Waals surface area contributed by atoms with Crippen LogP contribution in [0.25, 0.3) is 0 Å². The smallest absolute Gasteiger partial charge is 0.107 e. The van der Waals surface area contributed by atoms with Gasteiger partial charge in [0.1, 0.15) is 5.01 Å². The maximum Gasteiger partial charge on any atom is 0.107 e. The number of thiazole rings is 1. The molecule has 2 heterocycles. The first kappa shape index (κ1) is 14.9. The molecule has 0 radical (unpaired) electrons. The predicted octanol–water partition coefficient (Wildman–Crippen LogP) is 3.41. The lowest BCUT2D eigenvalue weighted by atomic mass is 10.1. The molecule has 0 aliphatic carbocycles. The lowest BCUT2D eigenvalue weighted by Crippen LogP contribution is -2.27. The Labute approximate surface area is 121 Å². The maximum absolute atomic E-state index is 4.74. The predicted molar refractivity (Wildman–Crippen MR) is 82.5 cm³/mol. The summed E-state index contributed by atoms with van der Waals surface area (Å²) in [6.07, 6.45) is 8.13. The number of nitrogens with zero attached hydrogens (tertiary/aromatic N) is 2. The summed E-state index contributed by atoms with van der Waals surface area (Å²) in [4.78, 5) is 7.33. The standard InChI is InChI=1S/C15H27N3S/c1-2-8-16-11-15-17-14(13-19-15)12-18-9-6-4-3-5-7-10-18/h13,16H,2-12H2,1H3. The second-order valence-corrected chi connectivity index (χ2v) is 6.40. The fourth-order valence-electron chi connectivity index (χ4n) is 2.57. The molecule has 3 nitrogen and oxygen atoms in total. The minimum absolute atomic E-state index is 0.929. The summed E-state index contributed by atoms with van der Waals surface area (Å²) in [6.45, 7) is 7.76. The number of hydrogen-bond acceptors (Lipinski definition) is 4. The molecule has 1 N–H and O–H groups in total. The van der Waals surface area contributed by atoms with E-state index < -0.39 is 0 Å². The van der Waals surface area contributed by atoms with Crippen molar-refractivity contribution >= 4 is 11.3 Å². The van der Waals surface area contributed by atoms with Crippen LogP contribution in [-0.4, -0.2) is 29.5 Å². The molecule has 1 aromatic rings. The Morgan fingerprint density at radius 3 is 2.68 bits per heavy atom. The lowest BCUT2D eigenvalue weighted by Gasteiger charge is -2.23. The average Bonchev–Trinajstić information content (AvgIpc) is 2.81. The third-order valence-electron chi connectivity index (χ3n) is 3.64. The highest BCUT2D eigenvalue weighted by atomic mass is 32.1. The third kappa shape index (κ3) is 5.59. The zero-order valence-electron chi connectivity index (χ0n) is 12.2. The van der Waals surface area contributed by atoms with E-state index >= 15 is 0 Å². The SMILES string of the molecule is CCCNCc1nc(CN2CCCCCCC2)cs1. The van der Waals surface area contributed by atoms with E-state index in [-0.39, 0.29) is 0 Å². The number of nitrogens with one attached hydrogen (secondary N) is 1. The summed E-state index contributed by atoms with van der Waals surface area (Å²) in [5.74, 6) is 0. The van der Waals surface area contributed by atoms with Gasteiger partial charge < -0.3 is 5.32 Å². The van der Waals surface area contributed by atoms with Crippen molar-refractivity contribution in [2.24, 2.45) is 0 Å². The van der Waals surface area contributed by atoms with Crippen LogP contribution in [0.4, 0.5) is 0 Å². The van der Waals surface area contributed by atoms with Gasteiger partial charge >= 0.3 is 0 Å². The van der Waals surface area contributed by atoms with Crippen molar-refractivity contribution in [1.82, 2.24) is 15.2 Å². The molecule has 0 spiro atoms. The molecule has 1 fully saturated rings. The minimum Gasteiger partial charge on any atom is -0.310 e. The summed E-state index contributed by atoms with van der Waals surface area (Å²) in [6, 6.07) is 0. The molecule has 1 aromatic heterocycles. The first-order valence-electron chi connectivity index (χ1n) is 7.75. The highest BCUT2D eigenvalue weighted by molar-refractivity contribution is 7.09. The summed E-state index contributed by atoms with van der Waals surface area (Å²) < 4.78 is 0. The monoisotopic (exact) mass is 281 g/mol. The van der Waals surface area contributed by atoms with Gasteiger partial charge in [-0.1, -0.05) is 26.2 Å². The Bertz CT molecular complexity index is 343. The summed E-state index contributed by atoms with van der Waals surface area (Å²) in [7, 11) is 0. The van der Waals surface area contributed by atoms with E-state index in [4.69, 9.17) is 4.98 Å². The Morgan fingerprint density at radius 2 is 1.95 bits per heavy atom. The van der Waals surface area contributed by atoms with Gasteiger partial charge in [-0.05, 0) is 38.9 Å². The van der Waals surface area contributed by atoms with Gasteiger partial charge in [0.2, 0.25) is 0 Å². The highest BCUT2D eigenvalue weighted by Gasteiger charge is 2.10. The highest BCUT2D eigenvalue weighted by Crippen LogP contribution is 2.15. The fourth-order valence-corrected chi connectivity index (χ4v) is 3.33. The molecule has 1 saturated heterocycles. The van der Waals surface area contributed by atoms with Crippen molar-refractivity contribution in [3.8, 4) is 0 Å². The van der Waals surface area contributed by atoms with E-state index in [1.165, 1.54) is 62.3 Å². The van der Waals surface area contributed by atoms with Crippen LogP contribution in [0.5, 0.6) is 0 Å². The summed E-state index contributed by atoms with van der Waals surface area (Å²) >= 11 is 1.80. The van der Waals surface area contributed by atoms with E-state index in [0.717, 1.165) is 19.6 Å². The van der Waals surface area contributed by atoms with Crippen molar-refractivity contribution in [3.05, 3.63) is 16.1 Å². The van der Waals surface area contributed by atoms with Crippen LogP contribution in [0.3, 0.4) is 0 Å². The molecule has 4 heteroatoms. The van der Waals surface area contributed by atoms with Crippen LogP contribution < -0.4 is 5.32 Å². The van der Waals surface area contributed by atoms with Crippen molar-refractivity contribution in [2.45, 2.75) is 58.5 Å². The Morgan fingerprint density at radius 1 is 1.21 bits per heavy atom. The van der Waals surface area contributed by atoms with Crippen LogP contribution >= 0.6 is 11.3 Å². The number of rotatable bonds is 6. The Balaban J connectivity index is 1.77. The largest absolute Gasteiger partial charge is 0.310 e. The van der Waals surface area contributed by atoms with Crippen LogP contribution in [0.2, 0.25) is 0 Å². The van der Waals surface area contributed by atoms with Gasteiger partial charge in [0.15, 0.2) is 0 Å². The molecule has 1 aliphatic heterocycles. The third-order valence-corrected chi connectivity index (χ3v) is 4.53. The first-order chi connectivity index (χ1) is 9.38. The van der Waals surface area contributed by atoms with Crippen LogP contribution in [0, 0.1) is 0 Å². The van der Waals surface area contributed by atoms with Gasteiger partial charge in [0.05, 0.1) is 5.69 Å². The normalized spacial score (nSPS) is 18.2. The van der Waals surface area contributed by atoms with Crippen LogP contribution in [-0.2, 0) is 13.1 Å². The van der Waals surface area contributed by atoms with E-state index in [1.54, 1.807) is 11.3 Å². The number of aromatic nitrogens is 1. The van der Waals surface area contributed by atoms with Crippen molar-refractivity contribution < 1.29 is 0 Å². The zero-order valence-corrected chi connectivity index (χ0v) is 13.0. The van der Waals surface area contributed by atoms with Crippen molar-refractivity contribution in [3.63, 3.8) is 0 Å². The molecule has 2 rings (SSSR count). The molecule has 0 saturated carbocycles. The molecule has 1 aliphatic rings. The van der Waals surface area contributed by atoms with Gasteiger partial charge in [-0.3, -0.25) is 4.90 Å². The van der Waals surface area contributed by atoms with E-state index in [2.05, 4.69) is 22.5 Å². The molecule has 19 heavy (non-hydrogen) atoms. The van der Waals surface area contributed by atoms with E-state index in [1.807, 2.05) is 0 Å².